The SMILES string of the molecule is COCc1nc(CN2CC(C)C(N)C2)cs1.Cl. The van der Waals surface area contributed by atoms with Crippen molar-refractivity contribution in [3.8, 4) is 0 Å². The molecular weight excluding hydrogens is 258 g/mol. The van der Waals surface area contributed by atoms with Gasteiger partial charge in [-0.05, 0) is 5.92 Å². The zero-order chi connectivity index (χ0) is 11.5. The molecule has 4 nitrogen and oxygen atoms in total. The Kier molecular flexibility index (Phi) is 5.82. The van der Waals surface area contributed by atoms with Crippen molar-refractivity contribution in [2.24, 2.45) is 11.7 Å². The Balaban J connectivity index is 0.00000144. The van der Waals surface area contributed by atoms with E-state index in [1.807, 2.05) is 0 Å². The molecule has 1 aromatic heterocycles. The van der Waals surface area contributed by atoms with E-state index in [1.165, 1.54) is 0 Å². The second kappa shape index (κ2) is 6.66. The van der Waals surface area contributed by atoms with Crippen molar-refractivity contribution in [3.05, 3.63) is 16.1 Å². The first kappa shape index (κ1) is 14.9. The van der Waals surface area contributed by atoms with Crippen molar-refractivity contribution in [2.45, 2.75) is 26.1 Å². The third kappa shape index (κ3) is 3.89. The number of nitrogens with two attached hydrogens (primary N) is 1. The third-order valence-corrected chi connectivity index (χ3v) is 3.87. The average Bonchev–Trinajstić information content (AvgIpc) is 2.77. The van der Waals surface area contributed by atoms with Crippen LogP contribution in [-0.4, -0.2) is 36.1 Å². The van der Waals surface area contributed by atoms with Gasteiger partial charge in [-0.15, -0.1) is 23.7 Å². The number of likely N-dealkylation sites (tertiary alicyclic amines) is 1. The molecule has 0 radical (unpaired) electrons. The highest BCUT2D eigenvalue weighted by Crippen LogP contribution is 2.18. The van der Waals surface area contributed by atoms with Crippen molar-refractivity contribution in [1.29, 1.82) is 0 Å². The molecule has 0 amide bonds. The number of rotatable bonds is 4. The van der Waals surface area contributed by atoms with E-state index in [0.29, 0.717) is 18.6 Å². The van der Waals surface area contributed by atoms with Crippen LogP contribution < -0.4 is 5.73 Å². The molecule has 1 saturated heterocycles. The van der Waals surface area contributed by atoms with Gasteiger partial charge in [0, 0.05) is 38.2 Å². The Hall–Kier alpha value is -0.200. The van der Waals surface area contributed by atoms with Gasteiger partial charge in [0.15, 0.2) is 0 Å². The summed E-state index contributed by atoms with van der Waals surface area (Å²) in [7, 11) is 1.70. The molecule has 2 unspecified atom stereocenters. The van der Waals surface area contributed by atoms with Gasteiger partial charge in [-0.2, -0.15) is 0 Å². The highest BCUT2D eigenvalue weighted by molar-refractivity contribution is 7.09. The van der Waals surface area contributed by atoms with Crippen LogP contribution in [0.4, 0.5) is 0 Å². The minimum atomic E-state index is 0. The lowest BCUT2D eigenvalue weighted by Crippen LogP contribution is -2.28. The first-order valence-corrected chi connectivity index (χ1v) is 6.47. The summed E-state index contributed by atoms with van der Waals surface area (Å²) in [5.41, 5.74) is 7.13. The molecule has 0 saturated carbocycles. The van der Waals surface area contributed by atoms with Crippen molar-refractivity contribution in [2.75, 3.05) is 20.2 Å². The molecule has 17 heavy (non-hydrogen) atoms. The maximum Gasteiger partial charge on any atom is 0.119 e. The van der Waals surface area contributed by atoms with Gasteiger partial charge >= 0.3 is 0 Å². The number of nitrogens with zero attached hydrogens (tertiary/aromatic N) is 2. The van der Waals surface area contributed by atoms with Crippen LogP contribution >= 0.6 is 23.7 Å². The molecule has 1 aliphatic rings. The van der Waals surface area contributed by atoms with E-state index >= 15 is 0 Å². The lowest BCUT2D eigenvalue weighted by atomic mass is 10.1. The average molecular weight is 278 g/mol. The largest absolute Gasteiger partial charge is 0.378 e. The molecule has 0 spiro atoms. The quantitative estimate of drug-likeness (QED) is 0.906. The molecule has 0 aromatic carbocycles. The summed E-state index contributed by atoms with van der Waals surface area (Å²) in [6, 6.07) is 0.317. The van der Waals surface area contributed by atoms with E-state index in [0.717, 1.165) is 30.3 Å². The molecule has 0 aliphatic carbocycles. The van der Waals surface area contributed by atoms with E-state index in [1.54, 1.807) is 18.4 Å². The van der Waals surface area contributed by atoms with Gasteiger partial charge in [0.25, 0.3) is 0 Å². The molecule has 1 aliphatic heterocycles. The maximum atomic E-state index is 6.00. The smallest absolute Gasteiger partial charge is 0.119 e. The number of hydrogen-bond acceptors (Lipinski definition) is 5. The number of aromatic nitrogens is 1. The molecule has 0 bridgehead atoms. The van der Waals surface area contributed by atoms with E-state index in [9.17, 15) is 0 Å². The second-order valence-electron chi connectivity index (χ2n) is 4.50. The minimum Gasteiger partial charge on any atom is -0.378 e. The fourth-order valence-corrected chi connectivity index (χ4v) is 2.82. The standard InChI is InChI=1S/C11H19N3OS.ClH/c1-8-3-14(5-10(8)12)4-9-7-16-11(13-9)6-15-2;/h7-8,10H,3-6,12H2,1-2H3;1H. The van der Waals surface area contributed by atoms with Crippen LogP contribution in [0.3, 0.4) is 0 Å². The van der Waals surface area contributed by atoms with Crippen molar-refractivity contribution >= 4 is 23.7 Å². The Morgan fingerprint density at radius 1 is 1.59 bits per heavy atom. The van der Waals surface area contributed by atoms with Gasteiger partial charge < -0.3 is 10.5 Å². The van der Waals surface area contributed by atoms with Gasteiger partial charge in [-0.25, -0.2) is 4.98 Å². The normalized spacial score (nSPS) is 24.9. The van der Waals surface area contributed by atoms with Crippen LogP contribution in [0.5, 0.6) is 0 Å². The van der Waals surface area contributed by atoms with Crippen molar-refractivity contribution < 1.29 is 4.74 Å². The van der Waals surface area contributed by atoms with Crippen LogP contribution in [-0.2, 0) is 17.9 Å². The zero-order valence-corrected chi connectivity index (χ0v) is 11.9. The predicted molar refractivity (Wildman–Crippen MR) is 72.5 cm³/mol. The monoisotopic (exact) mass is 277 g/mol. The Morgan fingerprint density at radius 3 is 2.94 bits per heavy atom. The van der Waals surface area contributed by atoms with Gasteiger partial charge in [-0.3, -0.25) is 4.90 Å². The van der Waals surface area contributed by atoms with Gasteiger partial charge in [0.1, 0.15) is 5.01 Å². The van der Waals surface area contributed by atoms with Crippen LogP contribution in [0.2, 0.25) is 0 Å². The van der Waals surface area contributed by atoms with E-state index in [-0.39, 0.29) is 12.4 Å². The topological polar surface area (TPSA) is 51.4 Å². The van der Waals surface area contributed by atoms with Gasteiger partial charge in [-0.1, -0.05) is 6.92 Å². The van der Waals surface area contributed by atoms with E-state index < -0.39 is 0 Å². The van der Waals surface area contributed by atoms with Crippen molar-refractivity contribution in [3.63, 3.8) is 0 Å². The highest BCUT2D eigenvalue weighted by Gasteiger charge is 2.26. The number of hydrogen-bond donors (Lipinski definition) is 1. The molecule has 2 N–H and O–H groups in total. The predicted octanol–water partition coefficient (Wildman–Crippen LogP) is 1.49. The molecule has 6 heteroatoms. The summed E-state index contributed by atoms with van der Waals surface area (Å²) in [5, 5.41) is 3.16. The van der Waals surface area contributed by atoms with Crippen LogP contribution in [0.25, 0.3) is 0 Å². The lowest BCUT2D eigenvalue weighted by Gasteiger charge is -2.12. The third-order valence-electron chi connectivity index (χ3n) is 3.00. The molecule has 2 rings (SSSR count). The first-order chi connectivity index (χ1) is 7.69. The summed E-state index contributed by atoms with van der Waals surface area (Å²) in [6.45, 7) is 5.80. The number of methoxy groups -OCH3 is 1. The van der Waals surface area contributed by atoms with Gasteiger partial charge in [0.05, 0.1) is 12.3 Å². The van der Waals surface area contributed by atoms with Crippen molar-refractivity contribution in [1.82, 2.24) is 9.88 Å². The zero-order valence-electron chi connectivity index (χ0n) is 10.3. The second-order valence-corrected chi connectivity index (χ2v) is 5.44. The van der Waals surface area contributed by atoms with E-state index in [4.69, 9.17) is 10.5 Å². The first-order valence-electron chi connectivity index (χ1n) is 5.59. The summed E-state index contributed by atoms with van der Waals surface area (Å²) in [4.78, 5) is 6.90. The fourth-order valence-electron chi connectivity index (χ4n) is 2.06. The number of ether oxygens (including phenoxy) is 1. The van der Waals surface area contributed by atoms with E-state index in [2.05, 4.69) is 22.2 Å². The minimum absolute atomic E-state index is 0. The molecule has 98 valence electrons. The number of halogens is 1. The summed E-state index contributed by atoms with van der Waals surface area (Å²) in [5.74, 6) is 0.595. The summed E-state index contributed by atoms with van der Waals surface area (Å²) < 4.78 is 5.06. The molecule has 2 heterocycles. The summed E-state index contributed by atoms with van der Waals surface area (Å²) >= 11 is 1.67. The van der Waals surface area contributed by atoms with Crippen LogP contribution in [0, 0.1) is 5.92 Å². The fraction of sp³-hybridized carbons (Fsp3) is 0.727. The molecule has 2 atom stereocenters. The maximum absolute atomic E-state index is 6.00. The van der Waals surface area contributed by atoms with Crippen LogP contribution in [0.15, 0.2) is 5.38 Å². The lowest BCUT2D eigenvalue weighted by molar-refractivity contribution is 0.184. The summed E-state index contributed by atoms with van der Waals surface area (Å²) in [6.07, 6.45) is 0. The molecule has 1 aromatic rings. The van der Waals surface area contributed by atoms with Crippen LogP contribution in [0.1, 0.15) is 17.6 Å². The molecular formula is C11H20ClN3OS. The van der Waals surface area contributed by atoms with Gasteiger partial charge in [0.2, 0.25) is 0 Å². The Morgan fingerprint density at radius 2 is 2.35 bits per heavy atom. The highest BCUT2D eigenvalue weighted by atomic mass is 35.5. The number of thiazole rings is 1. The Labute approximate surface area is 113 Å². The Bertz CT molecular complexity index is 337. The molecule has 1 fully saturated rings.